The molecule has 0 aliphatic heterocycles. The summed E-state index contributed by atoms with van der Waals surface area (Å²) in [6, 6.07) is 7.81. The minimum atomic E-state index is 0.0728. The maximum absolute atomic E-state index is 12.0. The predicted molar refractivity (Wildman–Crippen MR) is 82.7 cm³/mol. The third kappa shape index (κ3) is 4.66. The molecule has 21 heavy (non-hydrogen) atoms. The Balaban J connectivity index is 1.74. The largest absolute Gasteiger partial charge is 0.493 e. The lowest BCUT2D eigenvalue weighted by atomic mass is 9.86. The third-order valence-electron chi connectivity index (χ3n) is 4.11. The van der Waals surface area contributed by atoms with E-state index in [2.05, 4.69) is 12.2 Å². The van der Waals surface area contributed by atoms with Gasteiger partial charge in [0.1, 0.15) is 0 Å². The molecule has 0 saturated heterocycles. The first-order valence-corrected chi connectivity index (χ1v) is 7.76. The van der Waals surface area contributed by atoms with E-state index in [1.807, 2.05) is 24.3 Å². The summed E-state index contributed by atoms with van der Waals surface area (Å²) in [5.74, 6) is 2.03. The van der Waals surface area contributed by atoms with E-state index in [0.29, 0.717) is 36.5 Å². The Hall–Kier alpha value is -1.71. The van der Waals surface area contributed by atoms with E-state index in [0.717, 1.165) is 6.42 Å². The van der Waals surface area contributed by atoms with Gasteiger partial charge >= 0.3 is 0 Å². The minimum Gasteiger partial charge on any atom is -0.493 e. The zero-order chi connectivity index (χ0) is 15.1. The summed E-state index contributed by atoms with van der Waals surface area (Å²) in [6.45, 7) is 2.59. The number of benzene rings is 1. The predicted octanol–water partition coefficient (Wildman–Crippen LogP) is 3.16. The molecule has 2 atom stereocenters. The Morgan fingerprint density at radius 1 is 1.24 bits per heavy atom. The Morgan fingerprint density at radius 3 is 2.67 bits per heavy atom. The number of hydrogen-bond donors (Lipinski definition) is 1. The van der Waals surface area contributed by atoms with Crippen molar-refractivity contribution < 1.29 is 14.3 Å². The van der Waals surface area contributed by atoms with E-state index in [1.165, 1.54) is 19.3 Å². The number of rotatable bonds is 6. The number of para-hydroxylation sites is 2. The number of methoxy groups -OCH3 is 1. The van der Waals surface area contributed by atoms with E-state index >= 15 is 0 Å². The smallest absolute Gasteiger partial charge is 0.223 e. The summed E-state index contributed by atoms with van der Waals surface area (Å²) in [4.78, 5) is 12.0. The van der Waals surface area contributed by atoms with Crippen molar-refractivity contribution in [2.45, 2.75) is 45.1 Å². The Kier molecular flexibility index (Phi) is 5.90. The highest BCUT2D eigenvalue weighted by Gasteiger charge is 2.22. The van der Waals surface area contributed by atoms with Crippen molar-refractivity contribution in [3.05, 3.63) is 24.3 Å². The van der Waals surface area contributed by atoms with Gasteiger partial charge in [-0.1, -0.05) is 31.9 Å². The van der Waals surface area contributed by atoms with Crippen molar-refractivity contribution in [1.29, 1.82) is 0 Å². The van der Waals surface area contributed by atoms with Crippen LogP contribution in [-0.4, -0.2) is 25.7 Å². The fourth-order valence-corrected chi connectivity index (χ4v) is 2.80. The lowest BCUT2D eigenvalue weighted by Gasteiger charge is -2.29. The molecule has 1 aromatic rings. The van der Waals surface area contributed by atoms with Crippen LogP contribution in [-0.2, 0) is 4.79 Å². The Morgan fingerprint density at radius 2 is 1.95 bits per heavy atom. The summed E-state index contributed by atoms with van der Waals surface area (Å²) >= 11 is 0. The molecule has 0 aromatic heterocycles. The molecule has 1 fully saturated rings. The molecule has 1 saturated carbocycles. The fourth-order valence-electron chi connectivity index (χ4n) is 2.80. The van der Waals surface area contributed by atoms with Gasteiger partial charge in [-0.05, 0) is 30.9 Å². The monoisotopic (exact) mass is 291 g/mol. The average molecular weight is 291 g/mol. The molecule has 1 N–H and O–H groups in total. The molecule has 0 unspecified atom stereocenters. The van der Waals surface area contributed by atoms with Crippen LogP contribution in [0.2, 0.25) is 0 Å². The van der Waals surface area contributed by atoms with Gasteiger partial charge in [0, 0.05) is 6.04 Å². The SMILES string of the molecule is COc1ccccc1OCCC(=O)N[C@@H]1CCCC[C@@H]1C. The van der Waals surface area contributed by atoms with Gasteiger partial charge in [0.25, 0.3) is 0 Å². The van der Waals surface area contributed by atoms with Crippen LogP contribution >= 0.6 is 0 Å². The molecular formula is C17H25NO3. The van der Waals surface area contributed by atoms with Crippen LogP contribution in [0, 0.1) is 5.92 Å². The second-order valence-corrected chi connectivity index (χ2v) is 5.69. The highest BCUT2D eigenvalue weighted by atomic mass is 16.5. The van der Waals surface area contributed by atoms with Crippen molar-refractivity contribution in [3.63, 3.8) is 0 Å². The number of carbonyl (C=O) groups is 1. The van der Waals surface area contributed by atoms with Gasteiger partial charge in [-0.25, -0.2) is 0 Å². The molecule has 0 bridgehead atoms. The summed E-state index contributed by atoms with van der Waals surface area (Å²) < 4.78 is 10.8. The molecule has 4 nitrogen and oxygen atoms in total. The van der Waals surface area contributed by atoms with Crippen LogP contribution < -0.4 is 14.8 Å². The molecule has 1 aliphatic rings. The molecule has 1 aliphatic carbocycles. The highest BCUT2D eigenvalue weighted by molar-refractivity contribution is 5.76. The number of carbonyl (C=O) groups excluding carboxylic acids is 1. The zero-order valence-electron chi connectivity index (χ0n) is 12.9. The number of nitrogens with one attached hydrogen (secondary N) is 1. The van der Waals surface area contributed by atoms with Gasteiger partial charge < -0.3 is 14.8 Å². The highest BCUT2D eigenvalue weighted by Crippen LogP contribution is 2.26. The van der Waals surface area contributed by atoms with Crippen molar-refractivity contribution >= 4 is 5.91 Å². The van der Waals surface area contributed by atoms with E-state index in [1.54, 1.807) is 7.11 Å². The molecule has 0 spiro atoms. The molecular weight excluding hydrogens is 266 g/mol. The van der Waals surface area contributed by atoms with E-state index in [-0.39, 0.29) is 5.91 Å². The first kappa shape index (κ1) is 15.7. The molecule has 1 amide bonds. The minimum absolute atomic E-state index is 0.0728. The van der Waals surface area contributed by atoms with Crippen molar-refractivity contribution in [2.24, 2.45) is 5.92 Å². The van der Waals surface area contributed by atoms with Crippen LogP contribution in [0.25, 0.3) is 0 Å². The molecule has 116 valence electrons. The average Bonchev–Trinajstić information content (AvgIpc) is 2.50. The van der Waals surface area contributed by atoms with E-state index < -0.39 is 0 Å². The number of hydrogen-bond acceptors (Lipinski definition) is 3. The van der Waals surface area contributed by atoms with Crippen molar-refractivity contribution in [3.8, 4) is 11.5 Å². The number of amides is 1. The van der Waals surface area contributed by atoms with Gasteiger partial charge in [-0.3, -0.25) is 4.79 Å². The van der Waals surface area contributed by atoms with Crippen molar-refractivity contribution in [2.75, 3.05) is 13.7 Å². The molecule has 0 heterocycles. The lowest BCUT2D eigenvalue weighted by Crippen LogP contribution is -2.41. The quantitative estimate of drug-likeness (QED) is 0.876. The van der Waals surface area contributed by atoms with Gasteiger partial charge in [-0.2, -0.15) is 0 Å². The van der Waals surface area contributed by atoms with Gasteiger partial charge in [0.05, 0.1) is 20.1 Å². The van der Waals surface area contributed by atoms with Crippen LogP contribution in [0.4, 0.5) is 0 Å². The normalized spacial score (nSPS) is 21.6. The summed E-state index contributed by atoms with van der Waals surface area (Å²) in [5.41, 5.74) is 0. The maximum Gasteiger partial charge on any atom is 0.223 e. The fraction of sp³-hybridized carbons (Fsp3) is 0.588. The standard InChI is InChI=1S/C17H25NO3/c1-13-7-3-4-8-14(13)18-17(19)11-12-21-16-10-6-5-9-15(16)20-2/h5-6,9-10,13-14H,3-4,7-8,11-12H2,1-2H3,(H,18,19)/t13-,14+/m0/s1. The van der Waals surface area contributed by atoms with E-state index in [4.69, 9.17) is 9.47 Å². The van der Waals surface area contributed by atoms with Gasteiger partial charge in [0.2, 0.25) is 5.91 Å². The summed E-state index contributed by atoms with van der Waals surface area (Å²) in [7, 11) is 1.61. The maximum atomic E-state index is 12.0. The second kappa shape index (κ2) is 7.91. The zero-order valence-corrected chi connectivity index (χ0v) is 12.9. The molecule has 4 heteroatoms. The van der Waals surface area contributed by atoms with Crippen LogP contribution in [0.5, 0.6) is 11.5 Å². The molecule has 0 radical (unpaired) electrons. The molecule has 2 rings (SSSR count). The van der Waals surface area contributed by atoms with Crippen molar-refractivity contribution in [1.82, 2.24) is 5.32 Å². The van der Waals surface area contributed by atoms with Gasteiger partial charge in [0.15, 0.2) is 11.5 Å². The van der Waals surface area contributed by atoms with Gasteiger partial charge in [-0.15, -0.1) is 0 Å². The number of ether oxygens (including phenoxy) is 2. The summed E-state index contributed by atoms with van der Waals surface area (Å²) in [6.07, 6.45) is 5.18. The Labute approximate surface area is 126 Å². The first-order valence-electron chi connectivity index (χ1n) is 7.76. The second-order valence-electron chi connectivity index (χ2n) is 5.69. The molecule has 1 aromatic carbocycles. The third-order valence-corrected chi connectivity index (χ3v) is 4.11. The lowest BCUT2D eigenvalue weighted by molar-refractivity contribution is -0.122. The van der Waals surface area contributed by atoms with Crippen LogP contribution in [0.3, 0.4) is 0 Å². The van der Waals surface area contributed by atoms with Crippen LogP contribution in [0.1, 0.15) is 39.0 Å². The van der Waals surface area contributed by atoms with E-state index in [9.17, 15) is 4.79 Å². The topological polar surface area (TPSA) is 47.6 Å². The summed E-state index contributed by atoms with van der Waals surface area (Å²) in [5, 5.41) is 3.13. The Bertz CT molecular complexity index is 461. The van der Waals surface area contributed by atoms with Crippen LogP contribution in [0.15, 0.2) is 24.3 Å². The first-order chi connectivity index (χ1) is 10.2.